The molecule has 2 aromatic carbocycles. The lowest BCUT2D eigenvalue weighted by atomic mass is 9.77. The highest BCUT2D eigenvalue weighted by molar-refractivity contribution is 5.70. The van der Waals surface area contributed by atoms with Gasteiger partial charge in [-0.2, -0.15) is 0 Å². The van der Waals surface area contributed by atoms with E-state index in [1.54, 1.807) is 12.1 Å². The second kappa shape index (κ2) is 11.3. The number of benzene rings is 2. The molecule has 0 atom stereocenters. The number of alkyl halides is 2. The Labute approximate surface area is 185 Å². The summed E-state index contributed by atoms with van der Waals surface area (Å²) in [4.78, 5) is 0. The van der Waals surface area contributed by atoms with Crippen LogP contribution < -0.4 is 4.74 Å². The Bertz CT molecular complexity index is 936. The maximum Gasteiger partial charge on any atom is 0.260 e. The molecule has 32 heavy (non-hydrogen) atoms. The van der Waals surface area contributed by atoms with Crippen LogP contribution in [0, 0.1) is 23.4 Å². The zero-order chi connectivity index (χ0) is 23.1. The van der Waals surface area contributed by atoms with Crippen molar-refractivity contribution in [3.05, 3.63) is 76.8 Å². The molecule has 6 heteroatoms. The Morgan fingerprint density at radius 2 is 1.62 bits per heavy atom. The maximum atomic E-state index is 14.6. The fraction of sp³-hybridized carbons (Fsp3) is 0.385. The third kappa shape index (κ3) is 6.44. The largest absolute Gasteiger partial charge is 0.459 e. The molecule has 172 valence electrons. The smallest absolute Gasteiger partial charge is 0.260 e. The van der Waals surface area contributed by atoms with Crippen LogP contribution in [0.4, 0.5) is 22.0 Å². The summed E-state index contributed by atoms with van der Waals surface area (Å²) in [7, 11) is 0. The Morgan fingerprint density at radius 3 is 2.22 bits per heavy atom. The molecule has 3 rings (SSSR count). The van der Waals surface area contributed by atoms with Crippen LogP contribution in [0.2, 0.25) is 0 Å². The normalized spacial score (nSPS) is 19.3. The SMILES string of the molecule is CCCC1CCC(c2ccc(C=Cc3cc(F)c(OC=CC(F)F)c(F)c3)c(F)c2)CC1. The minimum atomic E-state index is -2.79. The number of hydrogen-bond acceptors (Lipinski definition) is 1. The quantitative estimate of drug-likeness (QED) is 0.223. The molecule has 0 N–H and O–H groups in total. The molecule has 0 saturated heterocycles. The van der Waals surface area contributed by atoms with Crippen molar-refractivity contribution in [2.45, 2.75) is 57.8 Å². The molecule has 0 radical (unpaired) electrons. The molecule has 1 aliphatic rings. The van der Waals surface area contributed by atoms with Gasteiger partial charge in [-0.3, -0.25) is 0 Å². The molecule has 1 aliphatic carbocycles. The fourth-order valence-corrected chi connectivity index (χ4v) is 4.27. The van der Waals surface area contributed by atoms with Crippen LogP contribution in [-0.4, -0.2) is 6.43 Å². The summed E-state index contributed by atoms with van der Waals surface area (Å²) >= 11 is 0. The van der Waals surface area contributed by atoms with Crippen LogP contribution in [-0.2, 0) is 0 Å². The highest BCUT2D eigenvalue weighted by atomic mass is 19.3. The van der Waals surface area contributed by atoms with Gasteiger partial charge >= 0.3 is 0 Å². The van der Waals surface area contributed by atoms with Crippen molar-refractivity contribution in [1.29, 1.82) is 0 Å². The molecule has 2 aromatic rings. The van der Waals surface area contributed by atoms with Crippen LogP contribution in [0.25, 0.3) is 12.2 Å². The van der Waals surface area contributed by atoms with Crippen LogP contribution in [0.15, 0.2) is 42.7 Å². The predicted molar refractivity (Wildman–Crippen MR) is 117 cm³/mol. The first-order valence-electron chi connectivity index (χ1n) is 11.0. The van der Waals surface area contributed by atoms with Gasteiger partial charge in [0.1, 0.15) is 5.82 Å². The van der Waals surface area contributed by atoms with Crippen molar-refractivity contribution in [3.63, 3.8) is 0 Å². The average Bonchev–Trinajstić information content (AvgIpc) is 2.75. The van der Waals surface area contributed by atoms with Gasteiger partial charge in [-0.05, 0) is 66.8 Å². The molecule has 0 amide bonds. The predicted octanol–water partition coefficient (Wildman–Crippen LogP) is 8.51. The van der Waals surface area contributed by atoms with Crippen molar-refractivity contribution in [2.24, 2.45) is 5.92 Å². The van der Waals surface area contributed by atoms with E-state index in [1.165, 1.54) is 37.8 Å². The van der Waals surface area contributed by atoms with Crippen molar-refractivity contribution < 1.29 is 26.7 Å². The Hall–Kier alpha value is -2.63. The molecule has 0 aliphatic heterocycles. The third-order valence-electron chi connectivity index (χ3n) is 5.93. The number of allylic oxidation sites excluding steroid dienone is 1. The molecular weight excluding hydrogens is 423 g/mol. The van der Waals surface area contributed by atoms with Crippen LogP contribution in [0.1, 0.15) is 68.1 Å². The summed E-state index contributed by atoms with van der Waals surface area (Å²) in [6.07, 6.45) is 7.90. The first-order valence-corrected chi connectivity index (χ1v) is 11.0. The van der Waals surface area contributed by atoms with E-state index in [-0.39, 0.29) is 11.4 Å². The maximum absolute atomic E-state index is 14.6. The summed E-state index contributed by atoms with van der Waals surface area (Å²) in [6.45, 7) is 2.20. The minimum absolute atomic E-state index is 0.155. The van der Waals surface area contributed by atoms with E-state index < -0.39 is 23.8 Å². The average molecular weight is 450 g/mol. The van der Waals surface area contributed by atoms with Crippen LogP contribution in [0.3, 0.4) is 0 Å². The Kier molecular flexibility index (Phi) is 8.48. The molecule has 0 heterocycles. The second-order valence-electron chi connectivity index (χ2n) is 8.22. The van der Waals surface area contributed by atoms with E-state index in [2.05, 4.69) is 11.7 Å². The van der Waals surface area contributed by atoms with Gasteiger partial charge in [-0.15, -0.1) is 0 Å². The lowest BCUT2D eigenvalue weighted by molar-refractivity contribution is 0.200. The standard InChI is InChI=1S/C26H27F5O/c1-2-3-17-4-7-19(8-5-17)21-11-10-20(22(27)16-21)9-6-18-14-23(28)26(24(29)15-18)32-13-12-25(30)31/h6,9-17,19,25H,2-5,7-8H2,1H3. The molecule has 1 saturated carbocycles. The van der Waals surface area contributed by atoms with Gasteiger partial charge in [0.25, 0.3) is 6.43 Å². The van der Waals surface area contributed by atoms with Crippen molar-refractivity contribution in [1.82, 2.24) is 0 Å². The number of ether oxygens (including phenoxy) is 1. The minimum Gasteiger partial charge on any atom is -0.459 e. The van der Waals surface area contributed by atoms with Gasteiger partial charge in [-0.25, -0.2) is 22.0 Å². The lowest BCUT2D eigenvalue weighted by Crippen LogP contribution is -2.13. The summed E-state index contributed by atoms with van der Waals surface area (Å²) in [6, 6.07) is 7.13. The molecule has 0 aromatic heterocycles. The first-order chi connectivity index (χ1) is 15.4. The van der Waals surface area contributed by atoms with Gasteiger partial charge in [0, 0.05) is 11.6 Å². The van der Waals surface area contributed by atoms with Crippen molar-refractivity contribution in [3.8, 4) is 5.75 Å². The first kappa shape index (κ1) is 24.0. The lowest BCUT2D eigenvalue weighted by Gasteiger charge is -2.28. The molecule has 1 nitrogen and oxygen atoms in total. The monoisotopic (exact) mass is 450 g/mol. The van der Waals surface area contributed by atoms with E-state index in [4.69, 9.17) is 0 Å². The van der Waals surface area contributed by atoms with Gasteiger partial charge in [0.05, 0.1) is 6.26 Å². The highest BCUT2D eigenvalue weighted by Gasteiger charge is 2.22. The Balaban J connectivity index is 1.67. The fourth-order valence-electron chi connectivity index (χ4n) is 4.27. The van der Waals surface area contributed by atoms with Crippen molar-refractivity contribution in [2.75, 3.05) is 0 Å². The van der Waals surface area contributed by atoms with Gasteiger partial charge < -0.3 is 4.74 Å². The molecule has 0 spiro atoms. The number of rotatable bonds is 8. The molecular formula is C26H27F5O. The highest BCUT2D eigenvalue weighted by Crippen LogP contribution is 2.38. The third-order valence-corrected chi connectivity index (χ3v) is 5.93. The summed E-state index contributed by atoms with van der Waals surface area (Å²) < 4.78 is 71.6. The van der Waals surface area contributed by atoms with E-state index in [0.717, 1.165) is 36.5 Å². The Morgan fingerprint density at radius 1 is 0.938 bits per heavy atom. The molecule has 0 unspecified atom stereocenters. The van der Waals surface area contributed by atoms with Crippen LogP contribution in [0.5, 0.6) is 5.75 Å². The van der Waals surface area contributed by atoms with Gasteiger partial charge in [0.15, 0.2) is 17.4 Å². The zero-order valence-electron chi connectivity index (χ0n) is 18.0. The molecule has 0 bridgehead atoms. The topological polar surface area (TPSA) is 9.23 Å². The summed E-state index contributed by atoms with van der Waals surface area (Å²) in [5, 5.41) is 0. The van der Waals surface area contributed by atoms with Gasteiger partial charge in [-0.1, -0.05) is 44.1 Å². The zero-order valence-corrected chi connectivity index (χ0v) is 18.0. The van der Waals surface area contributed by atoms with E-state index in [9.17, 15) is 22.0 Å². The summed E-state index contributed by atoms with van der Waals surface area (Å²) in [5.74, 6) is -2.10. The van der Waals surface area contributed by atoms with Gasteiger partial charge in [0.2, 0.25) is 0 Å². The van der Waals surface area contributed by atoms with E-state index in [1.807, 2.05) is 6.07 Å². The van der Waals surface area contributed by atoms with Crippen molar-refractivity contribution >= 4 is 12.2 Å². The number of halogens is 5. The van der Waals surface area contributed by atoms with E-state index in [0.29, 0.717) is 23.8 Å². The summed E-state index contributed by atoms with van der Waals surface area (Å²) in [5.41, 5.74) is 1.46. The number of hydrogen-bond donors (Lipinski definition) is 0. The molecule has 1 fully saturated rings. The van der Waals surface area contributed by atoms with E-state index >= 15 is 0 Å². The second-order valence-corrected chi connectivity index (χ2v) is 8.22. The van der Waals surface area contributed by atoms with Crippen LogP contribution >= 0.6 is 0 Å².